The molecule has 0 bridgehead atoms. The average Bonchev–Trinajstić information content (AvgIpc) is 2.81. The summed E-state index contributed by atoms with van der Waals surface area (Å²) in [5, 5.41) is 16.7. The van der Waals surface area contributed by atoms with Crippen LogP contribution in [0.25, 0.3) is 0 Å². The first kappa shape index (κ1) is 23.9. The molecule has 170 valence electrons. The molecule has 0 aromatic heterocycles. The van der Waals surface area contributed by atoms with Gasteiger partial charge in [-0.1, -0.05) is 23.2 Å². The number of anilines is 1. The minimum atomic E-state index is -0.501. The third-order valence-electron chi connectivity index (χ3n) is 4.28. The number of nitrogens with zero attached hydrogens (tertiary/aromatic N) is 1. The average molecular weight is 488 g/mol. The zero-order valence-electron chi connectivity index (χ0n) is 17.3. The number of phenols is 1. The molecule has 3 N–H and O–H groups in total. The number of carbonyl (C=O) groups is 2. The lowest BCUT2D eigenvalue weighted by Crippen LogP contribution is -2.20. The summed E-state index contributed by atoms with van der Waals surface area (Å²) in [7, 11) is 1.47. The lowest BCUT2D eigenvalue weighted by atomic mass is 10.2. The molecule has 0 aliphatic rings. The molecule has 33 heavy (non-hydrogen) atoms. The summed E-state index contributed by atoms with van der Waals surface area (Å²) in [6, 6.07) is 15.7. The zero-order valence-corrected chi connectivity index (χ0v) is 18.9. The van der Waals surface area contributed by atoms with Crippen LogP contribution in [-0.2, 0) is 4.79 Å². The minimum Gasteiger partial charge on any atom is -0.506 e. The van der Waals surface area contributed by atoms with Crippen LogP contribution in [0.3, 0.4) is 0 Å². The molecule has 0 aliphatic carbocycles. The van der Waals surface area contributed by atoms with Crippen LogP contribution >= 0.6 is 23.2 Å². The Morgan fingerprint density at radius 3 is 2.52 bits per heavy atom. The molecular weight excluding hydrogens is 469 g/mol. The molecule has 3 rings (SSSR count). The van der Waals surface area contributed by atoms with Crippen LogP contribution in [0.1, 0.15) is 15.9 Å². The molecule has 2 amide bonds. The minimum absolute atomic E-state index is 0.0609. The van der Waals surface area contributed by atoms with Crippen LogP contribution < -0.4 is 20.2 Å². The molecule has 3 aromatic rings. The van der Waals surface area contributed by atoms with Gasteiger partial charge in [0.25, 0.3) is 11.8 Å². The summed E-state index contributed by atoms with van der Waals surface area (Å²) in [6.07, 6.45) is 1.40. The summed E-state index contributed by atoms with van der Waals surface area (Å²) in [6.45, 7) is -0.204. The second-order valence-electron chi connectivity index (χ2n) is 6.61. The number of hydrogen-bond acceptors (Lipinski definition) is 6. The van der Waals surface area contributed by atoms with Crippen LogP contribution in [0.5, 0.6) is 17.2 Å². The van der Waals surface area contributed by atoms with E-state index >= 15 is 0 Å². The van der Waals surface area contributed by atoms with Crippen LogP contribution in [0.4, 0.5) is 5.69 Å². The lowest BCUT2D eigenvalue weighted by molar-refractivity contribution is -0.118. The van der Waals surface area contributed by atoms with Gasteiger partial charge < -0.3 is 19.9 Å². The predicted octanol–water partition coefficient (Wildman–Crippen LogP) is 4.49. The van der Waals surface area contributed by atoms with E-state index < -0.39 is 5.91 Å². The van der Waals surface area contributed by atoms with Gasteiger partial charge in [-0.3, -0.25) is 9.59 Å². The number of aromatic hydroxyl groups is 1. The quantitative estimate of drug-likeness (QED) is 0.320. The van der Waals surface area contributed by atoms with E-state index in [1.807, 2.05) is 0 Å². The first-order chi connectivity index (χ1) is 15.9. The highest BCUT2D eigenvalue weighted by Crippen LogP contribution is 2.24. The second kappa shape index (κ2) is 11.2. The Hall–Kier alpha value is -3.75. The van der Waals surface area contributed by atoms with Gasteiger partial charge in [0.2, 0.25) is 0 Å². The number of ether oxygens (including phenoxy) is 2. The molecule has 0 unspecified atom stereocenters. The van der Waals surface area contributed by atoms with Crippen molar-refractivity contribution in [3.05, 3.63) is 81.8 Å². The Labute approximate surface area is 199 Å². The summed E-state index contributed by atoms with van der Waals surface area (Å²) in [5.41, 5.74) is 3.78. The van der Waals surface area contributed by atoms with E-state index in [0.717, 1.165) is 0 Å². The van der Waals surface area contributed by atoms with Gasteiger partial charge in [0.15, 0.2) is 6.61 Å². The van der Waals surface area contributed by atoms with Crippen molar-refractivity contribution < 1.29 is 24.2 Å². The van der Waals surface area contributed by atoms with Crippen molar-refractivity contribution in [2.75, 3.05) is 19.0 Å². The first-order valence-corrected chi connectivity index (χ1v) is 10.3. The number of hydrogen-bond donors (Lipinski definition) is 3. The molecule has 0 spiro atoms. The maximum atomic E-state index is 12.1. The monoisotopic (exact) mass is 487 g/mol. The van der Waals surface area contributed by atoms with Crippen LogP contribution in [0, 0.1) is 0 Å². The number of benzene rings is 3. The van der Waals surface area contributed by atoms with Gasteiger partial charge in [0, 0.05) is 27.9 Å². The Morgan fingerprint density at radius 1 is 1.06 bits per heavy atom. The fourth-order valence-corrected chi connectivity index (χ4v) is 2.95. The Bertz CT molecular complexity index is 1180. The fourth-order valence-electron chi connectivity index (χ4n) is 2.64. The highest BCUT2D eigenvalue weighted by molar-refractivity contribution is 6.32. The Balaban J connectivity index is 1.57. The van der Waals surface area contributed by atoms with Crippen molar-refractivity contribution in [1.82, 2.24) is 5.43 Å². The van der Waals surface area contributed by atoms with Gasteiger partial charge in [-0.25, -0.2) is 5.43 Å². The zero-order chi connectivity index (χ0) is 23.8. The van der Waals surface area contributed by atoms with Crippen LogP contribution in [-0.4, -0.2) is 36.9 Å². The topological polar surface area (TPSA) is 109 Å². The number of phenolic OH excluding ortho intramolecular Hbond substituents is 1. The van der Waals surface area contributed by atoms with Crippen molar-refractivity contribution in [2.45, 2.75) is 0 Å². The predicted molar refractivity (Wildman–Crippen MR) is 127 cm³/mol. The maximum Gasteiger partial charge on any atom is 0.271 e. The van der Waals surface area contributed by atoms with Gasteiger partial charge in [-0.15, -0.1) is 0 Å². The molecular formula is C23H19Cl2N3O5. The van der Waals surface area contributed by atoms with E-state index in [1.54, 1.807) is 42.5 Å². The lowest BCUT2D eigenvalue weighted by Gasteiger charge is -2.10. The number of amides is 2. The van der Waals surface area contributed by atoms with Gasteiger partial charge in [-0.2, -0.15) is 5.10 Å². The van der Waals surface area contributed by atoms with Crippen molar-refractivity contribution in [2.24, 2.45) is 5.10 Å². The van der Waals surface area contributed by atoms with E-state index in [-0.39, 0.29) is 28.8 Å². The van der Waals surface area contributed by atoms with E-state index in [9.17, 15) is 14.7 Å². The number of hydrazone groups is 1. The smallest absolute Gasteiger partial charge is 0.271 e. The number of methoxy groups -OCH3 is 1. The summed E-state index contributed by atoms with van der Waals surface area (Å²) < 4.78 is 10.8. The van der Waals surface area contributed by atoms with Crippen molar-refractivity contribution in [1.29, 1.82) is 0 Å². The van der Waals surface area contributed by atoms with Crippen molar-refractivity contribution in [3.63, 3.8) is 0 Å². The summed E-state index contributed by atoms with van der Waals surface area (Å²) >= 11 is 11.6. The fraction of sp³-hybridized carbons (Fsp3) is 0.0870. The molecule has 8 nitrogen and oxygen atoms in total. The molecule has 0 atom stereocenters. The van der Waals surface area contributed by atoms with Crippen LogP contribution in [0.2, 0.25) is 10.0 Å². The standard InChI is InChI=1S/C23H19Cl2N3O5/c1-32-21-11-18(33-13-22(30)27-17-6-4-16(24)5-7-17)8-2-15(21)12-26-28-23(31)14-3-9-20(29)19(25)10-14/h2-12,29H,13H2,1H3,(H,27,30)(H,28,31)/b26-12+. The van der Waals surface area contributed by atoms with Gasteiger partial charge in [-0.05, 0) is 54.6 Å². The number of carbonyl (C=O) groups excluding carboxylic acids is 2. The molecule has 0 aliphatic heterocycles. The molecule has 3 aromatic carbocycles. The molecule has 0 heterocycles. The van der Waals surface area contributed by atoms with E-state index in [0.29, 0.717) is 27.8 Å². The second-order valence-corrected chi connectivity index (χ2v) is 7.46. The number of halogens is 2. The SMILES string of the molecule is COc1cc(OCC(=O)Nc2ccc(Cl)cc2)ccc1/C=N/NC(=O)c1ccc(O)c(Cl)c1. The third-order valence-corrected chi connectivity index (χ3v) is 4.84. The third kappa shape index (κ3) is 6.86. The largest absolute Gasteiger partial charge is 0.506 e. The maximum absolute atomic E-state index is 12.1. The first-order valence-electron chi connectivity index (χ1n) is 9.54. The normalized spacial score (nSPS) is 10.6. The van der Waals surface area contributed by atoms with Crippen molar-refractivity contribution >= 4 is 46.9 Å². The molecule has 0 fully saturated rings. The van der Waals surface area contributed by atoms with Gasteiger partial charge in [0.1, 0.15) is 17.2 Å². The molecule has 10 heteroatoms. The molecule has 0 saturated carbocycles. The van der Waals surface area contributed by atoms with Crippen molar-refractivity contribution in [3.8, 4) is 17.2 Å². The molecule has 0 radical (unpaired) electrons. The Morgan fingerprint density at radius 2 is 1.82 bits per heavy atom. The van der Waals surface area contributed by atoms with Crippen LogP contribution in [0.15, 0.2) is 65.8 Å². The highest BCUT2D eigenvalue weighted by atomic mass is 35.5. The van der Waals surface area contributed by atoms with Gasteiger partial charge >= 0.3 is 0 Å². The van der Waals surface area contributed by atoms with E-state index in [2.05, 4.69) is 15.8 Å². The molecule has 0 saturated heterocycles. The van der Waals surface area contributed by atoms with Gasteiger partial charge in [0.05, 0.1) is 18.3 Å². The number of nitrogens with one attached hydrogen (secondary N) is 2. The van der Waals surface area contributed by atoms with E-state index in [4.69, 9.17) is 32.7 Å². The number of rotatable bonds is 8. The summed E-state index contributed by atoms with van der Waals surface area (Å²) in [5.74, 6) is -0.113. The Kier molecular flexibility index (Phi) is 8.12. The highest BCUT2D eigenvalue weighted by Gasteiger charge is 2.09. The van der Waals surface area contributed by atoms with E-state index in [1.165, 1.54) is 31.5 Å². The summed E-state index contributed by atoms with van der Waals surface area (Å²) in [4.78, 5) is 24.2.